The van der Waals surface area contributed by atoms with Gasteiger partial charge in [-0.1, -0.05) is 0 Å². The van der Waals surface area contributed by atoms with Gasteiger partial charge in [0.15, 0.2) is 0 Å². The molecule has 0 radical (unpaired) electrons. The second-order valence-corrected chi connectivity index (χ2v) is 4.17. The average molecular weight is 346 g/mol. The number of esters is 1. The number of carbonyl (C=O) groups excluding carboxylic acids is 1. The molecule has 0 spiro atoms. The molecule has 0 bridgehead atoms. The molecule has 0 aliphatic heterocycles. The first-order valence-corrected chi connectivity index (χ1v) is 6.19. The van der Waals surface area contributed by atoms with E-state index in [9.17, 15) is 31.1 Å². The summed E-state index contributed by atoms with van der Waals surface area (Å²) in [6, 6.07) is 0. The number of alkyl halides is 6. The molecule has 1 heterocycles. The number of pyridine rings is 1. The lowest BCUT2D eigenvalue weighted by Crippen LogP contribution is -2.24. The molecule has 130 valence electrons. The maximum absolute atomic E-state index is 13.1. The lowest BCUT2D eigenvalue weighted by molar-refractivity contribution is -0.276. The first kappa shape index (κ1) is 19.0. The van der Waals surface area contributed by atoms with Crippen LogP contribution >= 0.6 is 0 Å². The molecule has 0 aliphatic rings. The van der Waals surface area contributed by atoms with Crippen LogP contribution in [-0.2, 0) is 28.7 Å². The van der Waals surface area contributed by atoms with E-state index in [4.69, 9.17) is 5.73 Å². The number of halogens is 6. The monoisotopic (exact) mass is 346 g/mol. The van der Waals surface area contributed by atoms with Gasteiger partial charge in [0.1, 0.15) is 11.3 Å². The molecule has 11 heteroatoms. The van der Waals surface area contributed by atoms with Crippen LogP contribution in [0.5, 0.6) is 5.75 Å². The van der Waals surface area contributed by atoms with E-state index in [1.165, 1.54) is 6.92 Å². The molecule has 0 atom stereocenters. The summed E-state index contributed by atoms with van der Waals surface area (Å²) in [5.41, 5.74) is 1.79. The van der Waals surface area contributed by atoms with Gasteiger partial charge in [0.2, 0.25) is 0 Å². The summed E-state index contributed by atoms with van der Waals surface area (Å²) in [6.45, 7) is 0.583. The van der Waals surface area contributed by atoms with Gasteiger partial charge in [-0.3, -0.25) is 9.78 Å². The second kappa shape index (κ2) is 7.02. The fourth-order valence-corrected chi connectivity index (χ4v) is 1.74. The molecule has 23 heavy (non-hydrogen) atoms. The minimum Gasteiger partial charge on any atom is -0.466 e. The Kier molecular flexibility index (Phi) is 5.81. The predicted molar refractivity (Wildman–Crippen MR) is 64.2 cm³/mol. The fraction of sp³-hybridized carbons (Fsp3) is 0.500. The van der Waals surface area contributed by atoms with Gasteiger partial charge < -0.3 is 15.2 Å². The quantitative estimate of drug-likeness (QED) is 0.655. The van der Waals surface area contributed by atoms with E-state index in [1.807, 2.05) is 0 Å². The van der Waals surface area contributed by atoms with Gasteiger partial charge in [-0.05, 0) is 6.92 Å². The first-order chi connectivity index (χ1) is 10.5. The van der Waals surface area contributed by atoms with E-state index in [1.54, 1.807) is 0 Å². The van der Waals surface area contributed by atoms with Crippen molar-refractivity contribution in [1.82, 2.24) is 4.98 Å². The molecule has 2 N–H and O–H groups in total. The minimum atomic E-state index is -5.39. The SMILES string of the molecule is CCOC(=O)Cc1cnc(CN)c(C(F)(F)F)c1OC(F)(F)F. The van der Waals surface area contributed by atoms with Gasteiger partial charge in [0.05, 0.1) is 18.7 Å². The summed E-state index contributed by atoms with van der Waals surface area (Å²) in [5, 5.41) is 0. The highest BCUT2D eigenvalue weighted by atomic mass is 19.4. The fourth-order valence-electron chi connectivity index (χ4n) is 1.74. The smallest absolute Gasteiger partial charge is 0.466 e. The zero-order valence-corrected chi connectivity index (χ0v) is 11.7. The summed E-state index contributed by atoms with van der Waals surface area (Å²) in [5.74, 6) is -2.57. The van der Waals surface area contributed by atoms with Crippen LogP contribution in [0.2, 0.25) is 0 Å². The Labute approximate surface area is 126 Å². The molecule has 0 amide bonds. The lowest BCUT2D eigenvalue weighted by atomic mass is 10.1. The summed E-state index contributed by atoms with van der Waals surface area (Å²) in [4.78, 5) is 14.7. The van der Waals surface area contributed by atoms with E-state index >= 15 is 0 Å². The second-order valence-electron chi connectivity index (χ2n) is 4.17. The van der Waals surface area contributed by atoms with Crippen LogP contribution in [0.3, 0.4) is 0 Å². The van der Waals surface area contributed by atoms with Gasteiger partial charge in [0.25, 0.3) is 0 Å². The molecule has 0 aliphatic carbocycles. The Bertz CT molecular complexity index is 571. The Hall–Kier alpha value is -2.04. The number of aromatic nitrogens is 1. The van der Waals surface area contributed by atoms with Crippen molar-refractivity contribution in [3.63, 3.8) is 0 Å². The van der Waals surface area contributed by atoms with Crippen LogP contribution in [0.1, 0.15) is 23.7 Å². The van der Waals surface area contributed by atoms with Gasteiger partial charge in [-0.25, -0.2) is 0 Å². The number of nitrogens with zero attached hydrogens (tertiary/aromatic N) is 1. The van der Waals surface area contributed by atoms with Crippen LogP contribution in [0.4, 0.5) is 26.3 Å². The van der Waals surface area contributed by atoms with Crippen LogP contribution < -0.4 is 10.5 Å². The maximum Gasteiger partial charge on any atom is 0.573 e. The largest absolute Gasteiger partial charge is 0.573 e. The third kappa shape index (κ3) is 5.27. The van der Waals surface area contributed by atoms with Crippen molar-refractivity contribution < 1.29 is 40.6 Å². The lowest BCUT2D eigenvalue weighted by Gasteiger charge is -2.20. The maximum atomic E-state index is 13.1. The van der Waals surface area contributed by atoms with Crippen molar-refractivity contribution in [3.8, 4) is 5.75 Å². The summed E-state index contributed by atoms with van der Waals surface area (Å²) < 4.78 is 84.6. The van der Waals surface area contributed by atoms with Gasteiger partial charge in [0, 0.05) is 18.3 Å². The highest BCUT2D eigenvalue weighted by Crippen LogP contribution is 2.42. The van der Waals surface area contributed by atoms with Gasteiger partial charge in [-0.15, -0.1) is 13.2 Å². The van der Waals surface area contributed by atoms with E-state index in [0.29, 0.717) is 6.20 Å². The molecule has 0 saturated carbocycles. The Morgan fingerprint density at radius 2 is 1.87 bits per heavy atom. The van der Waals surface area contributed by atoms with E-state index in [2.05, 4.69) is 14.5 Å². The molecule has 0 saturated heterocycles. The van der Waals surface area contributed by atoms with Crippen LogP contribution in [0, 0.1) is 0 Å². The van der Waals surface area contributed by atoms with Crippen molar-refractivity contribution in [1.29, 1.82) is 0 Å². The zero-order valence-electron chi connectivity index (χ0n) is 11.7. The Morgan fingerprint density at radius 1 is 1.26 bits per heavy atom. The van der Waals surface area contributed by atoms with Crippen molar-refractivity contribution in [2.24, 2.45) is 5.73 Å². The van der Waals surface area contributed by atoms with Crippen molar-refractivity contribution >= 4 is 5.97 Å². The van der Waals surface area contributed by atoms with E-state index in [0.717, 1.165) is 0 Å². The van der Waals surface area contributed by atoms with Crippen LogP contribution in [0.15, 0.2) is 6.20 Å². The highest BCUT2D eigenvalue weighted by Gasteiger charge is 2.43. The number of hydrogen-bond donors (Lipinski definition) is 1. The Balaban J connectivity index is 3.48. The van der Waals surface area contributed by atoms with Crippen molar-refractivity contribution in [2.75, 3.05) is 6.61 Å². The van der Waals surface area contributed by atoms with Crippen LogP contribution in [0.25, 0.3) is 0 Å². The number of rotatable bonds is 5. The molecule has 5 nitrogen and oxygen atoms in total. The third-order valence-corrected chi connectivity index (χ3v) is 2.52. The van der Waals surface area contributed by atoms with Gasteiger partial charge in [-0.2, -0.15) is 13.2 Å². The summed E-state index contributed by atoms with van der Waals surface area (Å²) in [6.07, 6.45) is -10.8. The average Bonchev–Trinajstić information content (AvgIpc) is 2.37. The Morgan fingerprint density at radius 3 is 2.30 bits per heavy atom. The topological polar surface area (TPSA) is 74.4 Å². The van der Waals surface area contributed by atoms with Gasteiger partial charge >= 0.3 is 18.5 Å². The first-order valence-electron chi connectivity index (χ1n) is 6.19. The minimum absolute atomic E-state index is 0.0886. The number of hydrogen-bond acceptors (Lipinski definition) is 5. The number of ether oxygens (including phenoxy) is 2. The van der Waals surface area contributed by atoms with Crippen LogP contribution in [-0.4, -0.2) is 23.9 Å². The molecule has 1 rings (SSSR count). The highest BCUT2D eigenvalue weighted by molar-refractivity contribution is 5.73. The molecule has 0 fully saturated rings. The van der Waals surface area contributed by atoms with Crippen molar-refractivity contribution in [2.45, 2.75) is 32.4 Å². The number of nitrogens with two attached hydrogens (primary N) is 1. The van der Waals surface area contributed by atoms with E-state index < -0.39 is 54.0 Å². The molecule has 0 unspecified atom stereocenters. The number of carbonyl (C=O) groups is 1. The normalized spacial score (nSPS) is 12.2. The molecule has 1 aromatic rings. The molecule has 1 aromatic heterocycles. The molecular formula is C12H12F6N2O3. The third-order valence-electron chi connectivity index (χ3n) is 2.52. The summed E-state index contributed by atoms with van der Waals surface area (Å²) in [7, 11) is 0. The van der Waals surface area contributed by atoms with E-state index in [-0.39, 0.29) is 6.61 Å². The molecule has 0 aromatic carbocycles. The predicted octanol–water partition coefficient (Wildman–Crippen LogP) is 2.56. The summed E-state index contributed by atoms with van der Waals surface area (Å²) >= 11 is 0. The zero-order chi connectivity index (χ0) is 17.8. The van der Waals surface area contributed by atoms with Crippen molar-refractivity contribution in [3.05, 3.63) is 23.0 Å². The molecular weight excluding hydrogens is 334 g/mol. The standard InChI is InChI=1S/C12H12F6N2O3/c1-2-22-8(21)3-6-5-20-7(4-19)9(11(13,14)15)10(6)23-12(16,17)18/h5H,2-4,19H2,1H3.